The van der Waals surface area contributed by atoms with Gasteiger partial charge in [-0.2, -0.15) is 5.10 Å². The summed E-state index contributed by atoms with van der Waals surface area (Å²) in [7, 11) is 0. The predicted molar refractivity (Wildman–Crippen MR) is 80.6 cm³/mol. The van der Waals surface area contributed by atoms with Gasteiger partial charge in [-0.3, -0.25) is 9.58 Å². The molecule has 1 unspecified atom stereocenters. The first-order valence-electron chi connectivity index (χ1n) is 7.27. The van der Waals surface area contributed by atoms with Gasteiger partial charge >= 0.3 is 0 Å². The summed E-state index contributed by atoms with van der Waals surface area (Å²) in [4.78, 5) is 2.36. The van der Waals surface area contributed by atoms with E-state index in [9.17, 15) is 0 Å². The van der Waals surface area contributed by atoms with E-state index in [1.165, 1.54) is 0 Å². The molecule has 2 heterocycles. The summed E-state index contributed by atoms with van der Waals surface area (Å²) in [5.41, 5.74) is 2.97. The van der Waals surface area contributed by atoms with Crippen LogP contribution in [0.15, 0.2) is 5.16 Å². The number of aryl methyl sites for hydroxylation is 2. The van der Waals surface area contributed by atoms with Crippen molar-refractivity contribution in [2.24, 2.45) is 11.1 Å². The van der Waals surface area contributed by atoms with Gasteiger partial charge in [0.1, 0.15) is 0 Å². The van der Waals surface area contributed by atoms with Crippen LogP contribution in [0.2, 0.25) is 5.02 Å². The molecule has 0 aromatic carbocycles. The molecule has 0 saturated carbocycles. The van der Waals surface area contributed by atoms with E-state index >= 15 is 0 Å². The average molecular weight is 299 g/mol. The molecule has 1 saturated heterocycles. The van der Waals surface area contributed by atoms with E-state index in [0.29, 0.717) is 0 Å². The SMILES string of the molecule is CCc1nn(CC)c(CN2CCC(=NO)C(C)C2)c1Cl. The summed E-state index contributed by atoms with van der Waals surface area (Å²) in [6, 6.07) is 0. The third kappa shape index (κ3) is 2.99. The van der Waals surface area contributed by atoms with Crippen molar-refractivity contribution in [3.05, 3.63) is 16.4 Å². The van der Waals surface area contributed by atoms with Gasteiger partial charge in [0.05, 0.1) is 22.1 Å². The maximum atomic E-state index is 8.93. The Kier molecular flexibility index (Phi) is 5.05. The molecule has 0 amide bonds. The van der Waals surface area contributed by atoms with Gasteiger partial charge in [-0.15, -0.1) is 0 Å². The molecule has 6 heteroatoms. The second-order valence-electron chi connectivity index (χ2n) is 5.35. The smallest absolute Gasteiger partial charge is 0.0863 e. The van der Waals surface area contributed by atoms with Gasteiger partial charge in [-0.1, -0.05) is 30.6 Å². The molecule has 2 rings (SSSR count). The van der Waals surface area contributed by atoms with Gasteiger partial charge in [-0.25, -0.2) is 0 Å². The fourth-order valence-corrected chi connectivity index (χ4v) is 3.10. The molecule has 112 valence electrons. The fourth-order valence-electron chi connectivity index (χ4n) is 2.78. The molecule has 1 aliphatic heterocycles. The zero-order chi connectivity index (χ0) is 14.7. The van der Waals surface area contributed by atoms with E-state index in [-0.39, 0.29) is 5.92 Å². The summed E-state index contributed by atoms with van der Waals surface area (Å²) in [6.45, 7) is 9.69. The van der Waals surface area contributed by atoms with E-state index in [2.05, 4.69) is 35.9 Å². The van der Waals surface area contributed by atoms with Crippen molar-refractivity contribution in [1.82, 2.24) is 14.7 Å². The summed E-state index contributed by atoms with van der Waals surface area (Å²) in [5.74, 6) is 0.288. The minimum atomic E-state index is 0.288. The normalized spacial score (nSPS) is 22.6. The van der Waals surface area contributed by atoms with Crippen LogP contribution >= 0.6 is 11.6 Å². The molecular formula is C14H23ClN4O. The van der Waals surface area contributed by atoms with Gasteiger partial charge in [0.2, 0.25) is 0 Å². The highest BCUT2D eigenvalue weighted by Gasteiger charge is 2.25. The van der Waals surface area contributed by atoms with Crippen molar-refractivity contribution < 1.29 is 5.21 Å². The Bertz CT molecular complexity index is 498. The fraction of sp³-hybridized carbons (Fsp3) is 0.714. The van der Waals surface area contributed by atoms with Gasteiger partial charge in [0.25, 0.3) is 0 Å². The standard InChI is InChI=1S/C14H23ClN4O/c1-4-11-14(15)13(19(5-2)16-11)9-18-7-6-12(17-20)10(3)8-18/h10,20H,4-9H2,1-3H3. The summed E-state index contributed by atoms with van der Waals surface area (Å²) < 4.78 is 2.00. The first-order valence-corrected chi connectivity index (χ1v) is 7.65. The van der Waals surface area contributed by atoms with Crippen molar-refractivity contribution in [2.45, 2.75) is 46.7 Å². The summed E-state index contributed by atoms with van der Waals surface area (Å²) >= 11 is 6.45. The lowest BCUT2D eigenvalue weighted by Gasteiger charge is -2.31. The third-order valence-corrected chi connectivity index (χ3v) is 4.42. The van der Waals surface area contributed by atoms with Crippen LogP contribution in [0.3, 0.4) is 0 Å². The van der Waals surface area contributed by atoms with Crippen molar-refractivity contribution in [3.8, 4) is 0 Å². The van der Waals surface area contributed by atoms with Gasteiger partial charge in [0, 0.05) is 38.5 Å². The van der Waals surface area contributed by atoms with Crippen LogP contribution in [0.5, 0.6) is 0 Å². The number of halogens is 1. The van der Waals surface area contributed by atoms with Crippen LogP contribution in [0.1, 0.15) is 38.6 Å². The first kappa shape index (κ1) is 15.3. The number of likely N-dealkylation sites (tertiary alicyclic amines) is 1. The molecule has 5 nitrogen and oxygen atoms in total. The maximum Gasteiger partial charge on any atom is 0.0863 e. The van der Waals surface area contributed by atoms with Crippen LogP contribution in [0, 0.1) is 5.92 Å². The van der Waals surface area contributed by atoms with E-state index < -0.39 is 0 Å². The van der Waals surface area contributed by atoms with Gasteiger partial charge in [0.15, 0.2) is 0 Å². The molecule has 1 aromatic rings. The van der Waals surface area contributed by atoms with Crippen LogP contribution in [-0.2, 0) is 19.5 Å². The Morgan fingerprint density at radius 2 is 2.20 bits per heavy atom. The van der Waals surface area contributed by atoms with E-state index in [0.717, 1.165) is 61.1 Å². The van der Waals surface area contributed by atoms with E-state index in [1.54, 1.807) is 0 Å². The van der Waals surface area contributed by atoms with Crippen molar-refractivity contribution >= 4 is 17.3 Å². The quantitative estimate of drug-likeness (QED) is 0.687. The molecular weight excluding hydrogens is 276 g/mol. The molecule has 1 fully saturated rings. The topological polar surface area (TPSA) is 53.7 Å². The molecule has 1 atom stereocenters. The third-order valence-electron chi connectivity index (χ3n) is 3.98. The highest BCUT2D eigenvalue weighted by Crippen LogP contribution is 2.25. The van der Waals surface area contributed by atoms with Crippen molar-refractivity contribution in [2.75, 3.05) is 13.1 Å². The van der Waals surface area contributed by atoms with E-state index in [1.807, 2.05) is 4.68 Å². The second-order valence-corrected chi connectivity index (χ2v) is 5.73. The molecule has 1 aromatic heterocycles. The molecule has 0 bridgehead atoms. The van der Waals surface area contributed by atoms with Crippen LogP contribution in [-0.4, -0.2) is 38.7 Å². The lowest BCUT2D eigenvalue weighted by atomic mass is 9.97. The minimum Gasteiger partial charge on any atom is -0.411 e. The molecule has 1 N–H and O–H groups in total. The average Bonchev–Trinajstić information content (AvgIpc) is 2.75. The molecule has 1 aliphatic rings. The lowest BCUT2D eigenvalue weighted by molar-refractivity contribution is 0.223. The van der Waals surface area contributed by atoms with Crippen LogP contribution in [0.4, 0.5) is 0 Å². The Balaban J connectivity index is 2.13. The maximum absolute atomic E-state index is 8.93. The number of hydrogen-bond donors (Lipinski definition) is 1. The molecule has 0 aliphatic carbocycles. The largest absolute Gasteiger partial charge is 0.411 e. The Hall–Kier alpha value is -1.07. The number of piperidine rings is 1. The first-order chi connectivity index (χ1) is 9.60. The number of rotatable bonds is 4. The minimum absolute atomic E-state index is 0.288. The molecule has 20 heavy (non-hydrogen) atoms. The molecule has 0 spiro atoms. The van der Waals surface area contributed by atoms with Crippen molar-refractivity contribution in [3.63, 3.8) is 0 Å². The number of nitrogens with zero attached hydrogens (tertiary/aromatic N) is 4. The van der Waals surface area contributed by atoms with Crippen LogP contribution in [0.25, 0.3) is 0 Å². The van der Waals surface area contributed by atoms with Crippen molar-refractivity contribution in [1.29, 1.82) is 0 Å². The van der Waals surface area contributed by atoms with Crippen LogP contribution < -0.4 is 0 Å². The second kappa shape index (κ2) is 6.59. The highest BCUT2D eigenvalue weighted by molar-refractivity contribution is 6.31. The number of aromatic nitrogens is 2. The zero-order valence-electron chi connectivity index (χ0n) is 12.4. The number of oxime groups is 1. The Morgan fingerprint density at radius 3 is 2.75 bits per heavy atom. The predicted octanol–water partition coefficient (Wildman–Crippen LogP) is 2.79. The zero-order valence-corrected chi connectivity index (χ0v) is 13.2. The van der Waals surface area contributed by atoms with Gasteiger partial charge < -0.3 is 5.21 Å². The highest BCUT2D eigenvalue weighted by atomic mass is 35.5. The number of hydrogen-bond acceptors (Lipinski definition) is 4. The Morgan fingerprint density at radius 1 is 1.45 bits per heavy atom. The monoisotopic (exact) mass is 298 g/mol. The van der Waals surface area contributed by atoms with E-state index in [4.69, 9.17) is 16.8 Å². The lowest BCUT2D eigenvalue weighted by Crippen LogP contribution is -2.39. The summed E-state index contributed by atoms with van der Waals surface area (Å²) in [6.07, 6.45) is 1.67. The Labute approximate surface area is 125 Å². The van der Waals surface area contributed by atoms with Gasteiger partial charge in [-0.05, 0) is 13.3 Å². The molecule has 0 radical (unpaired) electrons. The summed E-state index contributed by atoms with van der Waals surface area (Å²) in [5, 5.41) is 17.7.